The van der Waals surface area contributed by atoms with E-state index >= 15 is 0 Å². The summed E-state index contributed by atoms with van der Waals surface area (Å²) < 4.78 is 43.2. The highest BCUT2D eigenvalue weighted by molar-refractivity contribution is 5.59. The van der Waals surface area contributed by atoms with E-state index in [2.05, 4.69) is 0 Å². The van der Waals surface area contributed by atoms with E-state index in [1.807, 2.05) is 0 Å². The number of furan rings is 1. The van der Waals surface area contributed by atoms with Crippen LogP contribution in [-0.2, 0) is 6.18 Å². The zero-order chi connectivity index (χ0) is 14.0. The molecule has 0 saturated heterocycles. The van der Waals surface area contributed by atoms with Gasteiger partial charge in [0.25, 0.3) is 0 Å². The summed E-state index contributed by atoms with van der Waals surface area (Å²) in [6.07, 6.45) is -4.64. The molecule has 0 radical (unpaired) electrons. The highest BCUT2D eigenvalue weighted by Crippen LogP contribution is 2.33. The van der Waals surface area contributed by atoms with Gasteiger partial charge in [-0.25, -0.2) is 0 Å². The van der Waals surface area contributed by atoms with Gasteiger partial charge in [0, 0.05) is 5.56 Å². The fourth-order valence-electron chi connectivity index (χ4n) is 1.74. The van der Waals surface area contributed by atoms with Crippen LogP contribution in [0.2, 0.25) is 0 Å². The Balaban J connectivity index is 2.34. The molecule has 0 aliphatic heterocycles. The molecule has 19 heavy (non-hydrogen) atoms. The quantitative estimate of drug-likeness (QED) is 0.896. The van der Waals surface area contributed by atoms with Crippen molar-refractivity contribution in [2.45, 2.75) is 25.6 Å². The maximum absolute atomic E-state index is 12.6. The SMILES string of the molecule is CCC(O)c1ccc(-c2cccc(C(F)(F)F)c2)o1. The lowest BCUT2D eigenvalue weighted by Crippen LogP contribution is -2.04. The first-order valence-electron chi connectivity index (χ1n) is 5.87. The van der Waals surface area contributed by atoms with Crippen LogP contribution in [0, 0.1) is 0 Å². The Labute approximate surface area is 108 Å². The van der Waals surface area contributed by atoms with Gasteiger partial charge in [0.05, 0.1) is 5.56 Å². The van der Waals surface area contributed by atoms with Crippen molar-refractivity contribution < 1.29 is 22.7 Å². The molecule has 1 aromatic carbocycles. The van der Waals surface area contributed by atoms with Crippen molar-refractivity contribution in [2.75, 3.05) is 0 Å². The van der Waals surface area contributed by atoms with Crippen molar-refractivity contribution in [2.24, 2.45) is 0 Å². The zero-order valence-electron chi connectivity index (χ0n) is 10.2. The van der Waals surface area contributed by atoms with Crippen LogP contribution >= 0.6 is 0 Å². The molecule has 1 atom stereocenters. The molecule has 1 unspecified atom stereocenters. The van der Waals surface area contributed by atoms with E-state index in [4.69, 9.17) is 4.42 Å². The standard InChI is InChI=1S/C14H13F3O2/c1-2-11(18)13-7-6-12(19-13)9-4-3-5-10(8-9)14(15,16)17/h3-8,11,18H,2H2,1H3. The zero-order valence-corrected chi connectivity index (χ0v) is 10.2. The van der Waals surface area contributed by atoms with E-state index in [9.17, 15) is 18.3 Å². The second kappa shape index (κ2) is 5.09. The topological polar surface area (TPSA) is 33.4 Å². The monoisotopic (exact) mass is 270 g/mol. The molecule has 1 heterocycles. The molecule has 2 aromatic rings. The number of rotatable bonds is 3. The van der Waals surface area contributed by atoms with Crippen molar-refractivity contribution in [3.8, 4) is 11.3 Å². The van der Waals surface area contributed by atoms with Gasteiger partial charge in [-0.05, 0) is 30.7 Å². The van der Waals surface area contributed by atoms with Gasteiger partial charge in [-0.3, -0.25) is 0 Å². The van der Waals surface area contributed by atoms with Crippen LogP contribution in [0.4, 0.5) is 13.2 Å². The lowest BCUT2D eigenvalue weighted by molar-refractivity contribution is -0.137. The molecule has 0 aliphatic carbocycles. The first-order valence-corrected chi connectivity index (χ1v) is 5.87. The van der Waals surface area contributed by atoms with Crippen LogP contribution in [0.3, 0.4) is 0 Å². The van der Waals surface area contributed by atoms with Crippen molar-refractivity contribution >= 4 is 0 Å². The first kappa shape index (κ1) is 13.7. The third kappa shape index (κ3) is 2.98. The smallest absolute Gasteiger partial charge is 0.416 e. The molecule has 102 valence electrons. The highest BCUT2D eigenvalue weighted by atomic mass is 19.4. The lowest BCUT2D eigenvalue weighted by Gasteiger charge is -2.07. The minimum Gasteiger partial charge on any atom is -0.458 e. The van der Waals surface area contributed by atoms with Crippen LogP contribution in [0.25, 0.3) is 11.3 Å². The molecular weight excluding hydrogens is 257 g/mol. The van der Waals surface area contributed by atoms with E-state index in [0.29, 0.717) is 23.5 Å². The molecule has 5 heteroatoms. The summed E-state index contributed by atoms with van der Waals surface area (Å²) in [5.74, 6) is 0.670. The second-order valence-electron chi connectivity index (χ2n) is 4.20. The number of alkyl halides is 3. The fourth-order valence-corrected chi connectivity index (χ4v) is 1.74. The van der Waals surface area contributed by atoms with Crippen molar-refractivity contribution in [3.63, 3.8) is 0 Å². The minimum atomic E-state index is -4.38. The normalized spacial score (nSPS) is 13.5. The fraction of sp³-hybridized carbons (Fsp3) is 0.286. The number of aliphatic hydroxyl groups excluding tert-OH is 1. The number of hydrogen-bond donors (Lipinski definition) is 1. The van der Waals surface area contributed by atoms with E-state index in [1.54, 1.807) is 19.1 Å². The van der Waals surface area contributed by atoms with Crippen molar-refractivity contribution in [1.82, 2.24) is 0 Å². The molecule has 2 nitrogen and oxygen atoms in total. The number of benzene rings is 1. The summed E-state index contributed by atoms with van der Waals surface area (Å²) in [6, 6.07) is 8.04. The van der Waals surface area contributed by atoms with Crippen LogP contribution < -0.4 is 0 Å². The molecular formula is C14H13F3O2. The Morgan fingerprint density at radius 1 is 1.21 bits per heavy atom. The Morgan fingerprint density at radius 3 is 2.58 bits per heavy atom. The maximum Gasteiger partial charge on any atom is 0.416 e. The average Bonchev–Trinajstić information content (AvgIpc) is 2.86. The van der Waals surface area contributed by atoms with Gasteiger partial charge in [0.15, 0.2) is 0 Å². The molecule has 0 amide bonds. The summed E-state index contributed by atoms with van der Waals surface area (Å²) in [5, 5.41) is 9.60. The third-order valence-electron chi connectivity index (χ3n) is 2.82. The Hall–Kier alpha value is -1.75. The molecule has 0 aliphatic rings. The number of aliphatic hydroxyl groups is 1. The Kier molecular flexibility index (Phi) is 3.66. The van der Waals surface area contributed by atoms with E-state index in [-0.39, 0.29) is 0 Å². The van der Waals surface area contributed by atoms with Gasteiger partial charge in [-0.2, -0.15) is 13.2 Å². The predicted octanol–water partition coefficient (Wildman–Crippen LogP) is 4.41. The van der Waals surface area contributed by atoms with Crippen LogP contribution in [0.15, 0.2) is 40.8 Å². The Bertz CT molecular complexity index is 558. The summed E-state index contributed by atoms with van der Waals surface area (Å²) >= 11 is 0. The van der Waals surface area contributed by atoms with Crippen molar-refractivity contribution in [3.05, 3.63) is 47.7 Å². The molecule has 1 N–H and O–H groups in total. The van der Waals surface area contributed by atoms with Gasteiger partial charge in [0.1, 0.15) is 17.6 Å². The van der Waals surface area contributed by atoms with E-state index in [1.165, 1.54) is 12.1 Å². The van der Waals surface area contributed by atoms with E-state index < -0.39 is 17.8 Å². The van der Waals surface area contributed by atoms with Gasteiger partial charge in [-0.1, -0.05) is 19.1 Å². The summed E-state index contributed by atoms with van der Waals surface area (Å²) in [5.41, 5.74) is -0.386. The van der Waals surface area contributed by atoms with Crippen molar-refractivity contribution in [1.29, 1.82) is 0 Å². The predicted molar refractivity (Wildman–Crippen MR) is 64.4 cm³/mol. The highest BCUT2D eigenvalue weighted by Gasteiger charge is 2.30. The average molecular weight is 270 g/mol. The van der Waals surface area contributed by atoms with Crippen LogP contribution in [0.5, 0.6) is 0 Å². The van der Waals surface area contributed by atoms with E-state index in [0.717, 1.165) is 12.1 Å². The molecule has 0 bridgehead atoms. The Morgan fingerprint density at radius 2 is 1.95 bits per heavy atom. The largest absolute Gasteiger partial charge is 0.458 e. The second-order valence-corrected chi connectivity index (χ2v) is 4.20. The molecule has 0 fully saturated rings. The van der Waals surface area contributed by atoms with Crippen LogP contribution in [-0.4, -0.2) is 5.11 Å². The summed E-state index contributed by atoms with van der Waals surface area (Å²) in [4.78, 5) is 0. The summed E-state index contributed by atoms with van der Waals surface area (Å²) in [6.45, 7) is 1.79. The lowest BCUT2D eigenvalue weighted by atomic mass is 10.1. The minimum absolute atomic E-state index is 0.314. The molecule has 2 rings (SSSR count). The molecule has 0 saturated carbocycles. The molecule has 1 aromatic heterocycles. The molecule has 0 spiro atoms. The maximum atomic E-state index is 12.6. The van der Waals surface area contributed by atoms with Gasteiger partial charge < -0.3 is 9.52 Å². The third-order valence-corrected chi connectivity index (χ3v) is 2.82. The summed E-state index contributed by atoms with van der Waals surface area (Å²) in [7, 11) is 0. The first-order chi connectivity index (χ1) is 8.91. The van der Waals surface area contributed by atoms with Gasteiger partial charge >= 0.3 is 6.18 Å². The van der Waals surface area contributed by atoms with Gasteiger partial charge in [0.2, 0.25) is 0 Å². The van der Waals surface area contributed by atoms with Crippen LogP contribution in [0.1, 0.15) is 30.8 Å². The number of halogens is 3. The number of hydrogen-bond acceptors (Lipinski definition) is 2. The van der Waals surface area contributed by atoms with Gasteiger partial charge in [-0.15, -0.1) is 0 Å².